The number of para-hydroxylation sites is 1. The van der Waals surface area contributed by atoms with Crippen LogP contribution in [0.5, 0.6) is 0 Å². The van der Waals surface area contributed by atoms with Crippen molar-refractivity contribution in [3.63, 3.8) is 0 Å². The van der Waals surface area contributed by atoms with Crippen molar-refractivity contribution in [2.75, 3.05) is 0 Å². The predicted molar refractivity (Wildman–Crippen MR) is 274 cm³/mol. The molecule has 0 atom stereocenters. The monoisotopic (exact) mass is 858 g/mol. The molecule has 8 aromatic carbocycles. The zero-order chi connectivity index (χ0) is 44.6. The molecule has 13 rings (SSSR count). The Bertz CT molecular complexity index is 3800. The SMILES string of the molecule is CC1(C)c2ccccc2-c2c1c1c(ccc3c4cc(-c5cccnc5)ccc4n(-c4ccc(-c5cccc(-c6nc(-c7ccccc7)nc(-c7ccccc7)n6)c5)cc4)c31)n2-c1ccccc1. The molecule has 0 radical (unpaired) electrons. The fourth-order valence-electron chi connectivity index (χ4n) is 10.5. The Balaban J connectivity index is 1.01. The molecule has 1 aliphatic carbocycles. The largest absolute Gasteiger partial charge is 0.309 e. The molecule has 0 bridgehead atoms. The van der Waals surface area contributed by atoms with Crippen molar-refractivity contribution in [2.24, 2.45) is 0 Å². The van der Waals surface area contributed by atoms with Crippen LogP contribution in [0, 0.1) is 0 Å². The van der Waals surface area contributed by atoms with Crippen LogP contribution in [0.1, 0.15) is 25.0 Å². The molecular formula is C61H42N6. The average Bonchev–Trinajstić information content (AvgIpc) is 4.01. The quantitative estimate of drug-likeness (QED) is 0.160. The molecule has 12 aromatic rings. The third-order valence-corrected chi connectivity index (χ3v) is 13.6. The number of benzene rings is 8. The number of hydrogen-bond acceptors (Lipinski definition) is 4. The van der Waals surface area contributed by atoms with Gasteiger partial charge in [0.1, 0.15) is 0 Å². The van der Waals surface area contributed by atoms with Gasteiger partial charge in [0.05, 0.1) is 22.2 Å². The standard InChI is InChI=1S/C61H42N6/c1-61(2)51-26-13-12-25-49(51)57-55(61)54-53(67(57)46-23-10-5-11-24-46)34-32-48-50-37-43(45-22-15-35-62-38-45)29-33-52(50)66(56(48)54)47-30-27-39(28-31-47)42-20-14-21-44(36-42)60-64-58(40-16-6-3-7-17-40)63-59(65-60)41-18-8-4-9-19-41/h3-38H,1-2H3. The Morgan fingerprint density at radius 2 is 0.970 bits per heavy atom. The highest BCUT2D eigenvalue weighted by molar-refractivity contribution is 6.22. The van der Waals surface area contributed by atoms with Gasteiger partial charge in [-0.05, 0) is 82.4 Å². The van der Waals surface area contributed by atoms with Crippen LogP contribution in [0.25, 0.3) is 112 Å². The summed E-state index contributed by atoms with van der Waals surface area (Å²) >= 11 is 0. The van der Waals surface area contributed by atoms with E-state index in [1.807, 2.05) is 79.1 Å². The zero-order valence-corrected chi connectivity index (χ0v) is 37.0. The van der Waals surface area contributed by atoms with E-state index in [0.717, 1.165) is 55.8 Å². The molecule has 0 spiro atoms. The first kappa shape index (κ1) is 38.7. The zero-order valence-electron chi connectivity index (χ0n) is 37.0. The fourth-order valence-corrected chi connectivity index (χ4v) is 10.5. The highest BCUT2D eigenvalue weighted by Crippen LogP contribution is 2.55. The average molecular weight is 859 g/mol. The van der Waals surface area contributed by atoms with Crippen molar-refractivity contribution >= 4 is 32.7 Å². The van der Waals surface area contributed by atoms with Gasteiger partial charge in [0.2, 0.25) is 0 Å². The summed E-state index contributed by atoms with van der Waals surface area (Å²) in [5.74, 6) is 1.92. The van der Waals surface area contributed by atoms with Crippen molar-refractivity contribution in [1.82, 2.24) is 29.1 Å². The van der Waals surface area contributed by atoms with E-state index in [9.17, 15) is 0 Å². The molecule has 6 nitrogen and oxygen atoms in total. The van der Waals surface area contributed by atoms with Crippen molar-refractivity contribution in [2.45, 2.75) is 19.3 Å². The first-order chi connectivity index (χ1) is 33.0. The molecule has 0 fully saturated rings. The predicted octanol–water partition coefficient (Wildman–Crippen LogP) is 14.9. The maximum Gasteiger partial charge on any atom is 0.164 e. The van der Waals surface area contributed by atoms with E-state index in [1.165, 1.54) is 49.6 Å². The molecular weight excluding hydrogens is 817 g/mol. The first-order valence-electron chi connectivity index (χ1n) is 22.8. The van der Waals surface area contributed by atoms with Crippen LogP contribution in [0.3, 0.4) is 0 Å². The topological polar surface area (TPSA) is 61.4 Å². The summed E-state index contributed by atoms with van der Waals surface area (Å²) in [5, 5.41) is 3.69. The van der Waals surface area contributed by atoms with E-state index in [0.29, 0.717) is 17.5 Å². The minimum Gasteiger partial charge on any atom is -0.309 e. The number of aromatic nitrogens is 6. The molecule has 316 valence electrons. The van der Waals surface area contributed by atoms with Crippen molar-refractivity contribution in [1.29, 1.82) is 0 Å². The normalized spacial score (nSPS) is 12.7. The number of nitrogens with zero attached hydrogens (tertiary/aromatic N) is 6. The molecule has 1 aliphatic rings. The smallest absolute Gasteiger partial charge is 0.164 e. The maximum atomic E-state index is 5.03. The molecule has 4 aromatic heterocycles. The van der Waals surface area contributed by atoms with E-state index in [-0.39, 0.29) is 5.41 Å². The molecule has 6 heteroatoms. The van der Waals surface area contributed by atoms with Gasteiger partial charge in [-0.2, -0.15) is 0 Å². The van der Waals surface area contributed by atoms with Crippen molar-refractivity contribution in [3.8, 4) is 79.0 Å². The summed E-state index contributed by atoms with van der Waals surface area (Å²) in [6.45, 7) is 4.78. The second kappa shape index (κ2) is 15.2. The van der Waals surface area contributed by atoms with E-state index in [4.69, 9.17) is 15.0 Å². The molecule has 0 saturated carbocycles. The summed E-state index contributed by atoms with van der Waals surface area (Å²) < 4.78 is 4.99. The van der Waals surface area contributed by atoms with Crippen LogP contribution in [-0.2, 0) is 5.41 Å². The lowest BCUT2D eigenvalue weighted by Crippen LogP contribution is -2.15. The summed E-state index contributed by atoms with van der Waals surface area (Å²) in [6.07, 6.45) is 3.78. The van der Waals surface area contributed by atoms with Gasteiger partial charge in [-0.25, -0.2) is 15.0 Å². The third-order valence-electron chi connectivity index (χ3n) is 13.6. The lowest BCUT2D eigenvalue weighted by atomic mass is 9.81. The second-order valence-corrected chi connectivity index (χ2v) is 17.9. The van der Waals surface area contributed by atoms with Gasteiger partial charge in [-0.15, -0.1) is 0 Å². The number of hydrogen-bond donors (Lipinski definition) is 0. The Morgan fingerprint density at radius 1 is 0.403 bits per heavy atom. The van der Waals surface area contributed by atoms with Crippen LogP contribution >= 0.6 is 0 Å². The number of pyridine rings is 1. The molecule has 0 aliphatic heterocycles. The van der Waals surface area contributed by atoms with Crippen LogP contribution < -0.4 is 0 Å². The van der Waals surface area contributed by atoms with Gasteiger partial charge in [0.25, 0.3) is 0 Å². The van der Waals surface area contributed by atoms with E-state index in [2.05, 4.69) is 167 Å². The minimum absolute atomic E-state index is 0.252. The molecule has 0 unspecified atom stereocenters. The van der Waals surface area contributed by atoms with Gasteiger partial charge < -0.3 is 9.13 Å². The Labute approximate surface area is 388 Å². The fraction of sp³-hybridized carbons (Fsp3) is 0.0492. The maximum absolute atomic E-state index is 5.03. The summed E-state index contributed by atoms with van der Waals surface area (Å²) in [4.78, 5) is 19.5. The van der Waals surface area contributed by atoms with Gasteiger partial charge in [-0.1, -0.05) is 166 Å². The van der Waals surface area contributed by atoms with Gasteiger partial charge >= 0.3 is 0 Å². The van der Waals surface area contributed by atoms with Gasteiger partial charge in [-0.3, -0.25) is 4.98 Å². The van der Waals surface area contributed by atoms with E-state index >= 15 is 0 Å². The van der Waals surface area contributed by atoms with Crippen LogP contribution in [0.4, 0.5) is 0 Å². The van der Waals surface area contributed by atoms with Crippen molar-refractivity contribution < 1.29 is 0 Å². The number of fused-ring (bicyclic) bond motifs is 9. The lowest BCUT2D eigenvalue weighted by Gasteiger charge is -2.22. The minimum atomic E-state index is -0.252. The summed E-state index contributed by atoms with van der Waals surface area (Å²) in [5.41, 5.74) is 18.0. The summed E-state index contributed by atoms with van der Waals surface area (Å²) in [7, 11) is 0. The lowest BCUT2D eigenvalue weighted by molar-refractivity contribution is 0.666. The molecule has 0 amide bonds. The highest BCUT2D eigenvalue weighted by atomic mass is 15.0. The van der Waals surface area contributed by atoms with Gasteiger partial charge in [0, 0.05) is 73.2 Å². The Kier molecular flexibility index (Phi) is 8.77. The van der Waals surface area contributed by atoms with Crippen LogP contribution in [0.2, 0.25) is 0 Å². The first-order valence-corrected chi connectivity index (χ1v) is 22.8. The van der Waals surface area contributed by atoms with E-state index in [1.54, 1.807) is 0 Å². The van der Waals surface area contributed by atoms with Gasteiger partial charge in [0.15, 0.2) is 17.5 Å². The van der Waals surface area contributed by atoms with Crippen molar-refractivity contribution in [3.05, 3.63) is 230 Å². The molecule has 0 N–H and O–H groups in total. The van der Waals surface area contributed by atoms with Crippen LogP contribution in [0.15, 0.2) is 219 Å². The Morgan fingerprint density at radius 3 is 1.67 bits per heavy atom. The second-order valence-electron chi connectivity index (χ2n) is 17.9. The molecule has 4 heterocycles. The Hall–Kier alpha value is -8.74. The number of rotatable bonds is 7. The van der Waals surface area contributed by atoms with E-state index < -0.39 is 0 Å². The third kappa shape index (κ3) is 6.18. The molecule has 67 heavy (non-hydrogen) atoms. The highest BCUT2D eigenvalue weighted by Gasteiger charge is 2.41. The van der Waals surface area contributed by atoms with Crippen LogP contribution in [-0.4, -0.2) is 29.1 Å². The molecule has 0 saturated heterocycles. The summed E-state index contributed by atoms with van der Waals surface area (Å²) in [6, 6.07) is 73.3.